The number of benzene rings is 1. The van der Waals surface area contributed by atoms with Crippen molar-refractivity contribution in [3.8, 4) is 0 Å². The van der Waals surface area contributed by atoms with Crippen molar-refractivity contribution in [3.05, 3.63) is 35.4 Å². The third-order valence-corrected chi connectivity index (χ3v) is 4.10. The Kier molecular flexibility index (Phi) is 4.16. The van der Waals surface area contributed by atoms with E-state index in [4.69, 9.17) is 9.47 Å². The highest BCUT2D eigenvalue weighted by Gasteiger charge is 2.30. The number of ether oxygens (including phenoxy) is 2. The highest BCUT2D eigenvalue weighted by atomic mass is 16.7. The Hall–Kier alpha value is -0.900. The maximum atomic E-state index is 5.66. The first kappa shape index (κ1) is 13.1. The predicted octanol–water partition coefficient (Wildman–Crippen LogP) is 2.58. The summed E-state index contributed by atoms with van der Waals surface area (Å²) in [5.41, 5.74) is 2.73. The van der Waals surface area contributed by atoms with Gasteiger partial charge in [0.2, 0.25) is 0 Å². The third kappa shape index (κ3) is 3.35. The van der Waals surface area contributed by atoms with E-state index in [1.807, 2.05) is 0 Å². The highest BCUT2D eigenvalue weighted by Crippen LogP contribution is 2.25. The van der Waals surface area contributed by atoms with Gasteiger partial charge in [-0.05, 0) is 31.9 Å². The molecule has 0 saturated carbocycles. The molecule has 3 heteroatoms. The lowest BCUT2D eigenvalue weighted by atomic mass is 9.97. The molecule has 0 bridgehead atoms. The number of hydrogen-bond acceptors (Lipinski definition) is 3. The van der Waals surface area contributed by atoms with Gasteiger partial charge in [0.05, 0.1) is 13.2 Å². The first-order chi connectivity index (χ1) is 9.31. The van der Waals surface area contributed by atoms with Crippen LogP contribution in [0.1, 0.15) is 24.0 Å². The molecular formula is C16H23NO2. The summed E-state index contributed by atoms with van der Waals surface area (Å²) in [6.45, 7) is 6.99. The number of hydrogen-bond donors (Lipinski definition) is 0. The van der Waals surface area contributed by atoms with Gasteiger partial charge in [0.15, 0.2) is 6.29 Å². The molecule has 2 aliphatic heterocycles. The molecule has 1 unspecified atom stereocenters. The Labute approximate surface area is 115 Å². The van der Waals surface area contributed by atoms with Gasteiger partial charge in [-0.1, -0.05) is 29.8 Å². The zero-order valence-corrected chi connectivity index (χ0v) is 11.7. The minimum Gasteiger partial charge on any atom is -0.350 e. The van der Waals surface area contributed by atoms with Gasteiger partial charge in [-0.2, -0.15) is 0 Å². The molecule has 3 nitrogen and oxygen atoms in total. The van der Waals surface area contributed by atoms with Crippen LogP contribution in [0.15, 0.2) is 24.3 Å². The van der Waals surface area contributed by atoms with E-state index in [0.29, 0.717) is 5.92 Å². The van der Waals surface area contributed by atoms with E-state index in [1.54, 1.807) is 0 Å². The molecule has 0 radical (unpaired) electrons. The van der Waals surface area contributed by atoms with Crippen LogP contribution in [-0.4, -0.2) is 37.5 Å². The van der Waals surface area contributed by atoms with Crippen LogP contribution < -0.4 is 0 Å². The van der Waals surface area contributed by atoms with Gasteiger partial charge in [0.25, 0.3) is 0 Å². The first-order valence-electron chi connectivity index (χ1n) is 7.32. The smallest absolute Gasteiger partial charge is 0.161 e. The van der Waals surface area contributed by atoms with Crippen LogP contribution in [0.25, 0.3) is 0 Å². The van der Waals surface area contributed by atoms with Crippen molar-refractivity contribution in [2.45, 2.75) is 32.6 Å². The van der Waals surface area contributed by atoms with Crippen molar-refractivity contribution in [1.82, 2.24) is 4.90 Å². The van der Waals surface area contributed by atoms with Crippen molar-refractivity contribution < 1.29 is 9.47 Å². The fourth-order valence-electron chi connectivity index (χ4n) is 3.06. The van der Waals surface area contributed by atoms with Crippen LogP contribution in [0.2, 0.25) is 0 Å². The molecule has 0 spiro atoms. The lowest BCUT2D eigenvalue weighted by molar-refractivity contribution is -0.101. The van der Waals surface area contributed by atoms with Crippen molar-refractivity contribution in [2.75, 3.05) is 26.3 Å². The highest BCUT2D eigenvalue weighted by molar-refractivity contribution is 5.21. The lowest BCUT2D eigenvalue weighted by Crippen LogP contribution is -2.40. The van der Waals surface area contributed by atoms with E-state index in [0.717, 1.165) is 26.3 Å². The first-order valence-corrected chi connectivity index (χ1v) is 7.32. The molecule has 1 aromatic rings. The summed E-state index contributed by atoms with van der Waals surface area (Å²) in [5.74, 6) is 0.543. The molecule has 0 amide bonds. The van der Waals surface area contributed by atoms with Crippen molar-refractivity contribution in [1.29, 1.82) is 0 Å². The molecule has 104 valence electrons. The van der Waals surface area contributed by atoms with E-state index < -0.39 is 0 Å². The largest absolute Gasteiger partial charge is 0.350 e. The summed E-state index contributed by atoms with van der Waals surface area (Å²) in [7, 11) is 0. The van der Waals surface area contributed by atoms with Crippen molar-refractivity contribution >= 4 is 0 Å². The van der Waals surface area contributed by atoms with Gasteiger partial charge >= 0.3 is 0 Å². The van der Waals surface area contributed by atoms with E-state index in [1.165, 1.54) is 30.5 Å². The Morgan fingerprint density at radius 3 is 2.63 bits per heavy atom. The minimum absolute atomic E-state index is 0.0424. The SMILES string of the molecule is Cc1ccc(CN2CCCC(C3OCCO3)C2)cc1. The summed E-state index contributed by atoms with van der Waals surface area (Å²) in [6.07, 6.45) is 2.52. The van der Waals surface area contributed by atoms with Crippen LogP contribution in [-0.2, 0) is 16.0 Å². The Morgan fingerprint density at radius 1 is 1.16 bits per heavy atom. The number of aryl methyl sites for hydroxylation is 1. The number of rotatable bonds is 3. The molecule has 19 heavy (non-hydrogen) atoms. The second-order valence-electron chi connectivity index (χ2n) is 5.73. The minimum atomic E-state index is 0.0424. The summed E-state index contributed by atoms with van der Waals surface area (Å²) in [4.78, 5) is 2.53. The molecule has 2 fully saturated rings. The third-order valence-electron chi connectivity index (χ3n) is 4.10. The summed E-state index contributed by atoms with van der Waals surface area (Å²) >= 11 is 0. The molecule has 1 aromatic carbocycles. The van der Waals surface area contributed by atoms with Gasteiger partial charge in [-0.3, -0.25) is 4.90 Å². The van der Waals surface area contributed by atoms with E-state index in [2.05, 4.69) is 36.1 Å². The molecule has 0 aliphatic carbocycles. The van der Waals surface area contributed by atoms with Gasteiger partial charge in [-0.15, -0.1) is 0 Å². The van der Waals surface area contributed by atoms with E-state index >= 15 is 0 Å². The van der Waals surface area contributed by atoms with Gasteiger partial charge < -0.3 is 9.47 Å². The van der Waals surface area contributed by atoms with Crippen LogP contribution in [0.3, 0.4) is 0 Å². The standard InChI is InChI=1S/C16H23NO2/c1-13-4-6-14(7-5-13)11-17-8-2-3-15(12-17)16-18-9-10-19-16/h4-7,15-16H,2-3,8-12H2,1H3. The summed E-state index contributed by atoms with van der Waals surface area (Å²) in [6, 6.07) is 8.86. The van der Waals surface area contributed by atoms with E-state index in [9.17, 15) is 0 Å². The molecule has 1 atom stereocenters. The quantitative estimate of drug-likeness (QED) is 0.834. The van der Waals surface area contributed by atoms with Crippen LogP contribution in [0, 0.1) is 12.8 Å². The second kappa shape index (κ2) is 6.04. The van der Waals surface area contributed by atoms with Crippen molar-refractivity contribution in [3.63, 3.8) is 0 Å². The fraction of sp³-hybridized carbons (Fsp3) is 0.625. The van der Waals surface area contributed by atoms with Crippen LogP contribution in [0.4, 0.5) is 0 Å². The van der Waals surface area contributed by atoms with E-state index in [-0.39, 0.29) is 6.29 Å². The number of piperidine rings is 1. The second-order valence-corrected chi connectivity index (χ2v) is 5.73. The maximum Gasteiger partial charge on any atom is 0.161 e. The normalized spacial score (nSPS) is 25.8. The van der Waals surface area contributed by atoms with Gasteiger partial charge in [0, 0.05) is 19.0 Å². The molecule has 3 rings (SSSR count). The van der Waals surface area contributed by atoms with Gasteiger partial charge in [-0.25, -0.2) is 0 Å². The Morgan fingerprint density at radius 2 is 1.89 bits per heavy atom. The molecule has 2 saturated heterocycles. The Balaban J connectivity index is 1.57. The molecular weight excluding hydrogens is 238 g/mol. The molecule has 2 heterocycles. The topological polar surface area (TPSA) is 21.7 Å². The van der Waals surface area contributed by atoms with Crippen LogP contribution >= 0.6 is 0 Å². The summed E-state index contributed by atoms with van der Waals surface area (Å²) < 4.78 is 11.3. The predicted molar refractivity (Wildman–Crippen MR) is 74.9 cm³/mol. The number of likely N-dealkylation sites (tertiary alicyclic amines) is 1. The zero-order chi connectivity index (χ0) is 13.1. The average molecular weight is 261 g/mol. The van der Waals surface area contributed by atoms with Gasteiger partial charge in [0.1, 0.15) is 0 Å². The number of nitrogens with zero attached hydrogens (tertiary/aromatic N) is 1. The molecule has 2 aliphatic rings. The van der Waals surface area contributed by atoms with Crippen LogP contribution in [0.5, 0.6) is 0 Å². The average Bonchev–Trinajstić information content (AvgIpc) is 2.96. The summed E-state index contributed by atoms with van der Waals surface area (Å²) in [5, 5.41) is 0. The zero-order valence-electron chi connectivity index (χ0n) is 11.7. The lowest BCUT2D eigenvalue weighted by Gasteiger charge is -2.34. The Bertz CT molecular complexity index is 398. The molecule has 0 aromatic heterocycles. The van der Waals surface area contributed by atoms with Crippen molar-refractivity contribution in [2.24, 2.45) is 5.92 Å². The maximum absolute atomic E-state index is 5.66. The monoisotopic (exact) mass is 261 g/mol. The molecule has 0 N–H and O–H groups in total. The fourth-order valence-corrected chi connectivity index (χ4v) is 3.06.